The van der Waals surface area contributed by atoms with E-state index in [0.29, 0.717) is 25.5 Å². The monoisotopic (exact) mass is 412 g/mol. The standard InChI is InChI=1S/C22H32N6O2/c1-16(29)27-12-10-26(11-13-27)15-17-8-6-7-9-18(17)28(21(23)30)20-14-19(22(2,3)4)24-25(20)5/h6-9,14H,10-13,15H2,1-5H3,(H2,23,30). The normalized spacial score (nSPS) is 15.3. The molecule has 1 aliphatic heterocycles. The van der Waals surface area contributed by atoms with E-state index in [4.69, 9.17) is 5.73 Å². The number of para-hydroxylation sites is 1. The molecule has 3 amide bonds. The quantitative estimate of drug-likeness (QED) is 0.836. The minimum Gasteiger partial charge on any atom is -0.351 e. The van der Waals surface area contributed by atoms with Crippen LogP contribution >= 0.6 is 0 Å². The molecule has 1 fully saturated rings. The number of amides is 3. The molecule has 1 saturated heterocycles. The van der Waals surface area contributed by atoms with Crippen LogP contribution in [0.2, 0.25) is 0 Å². The van der Waals surface area contributed by atoms with Gasteiger partial charge in [0, 0.05) is 58.2 Å². The summed E-state index contributed by atoms with van der Waals surface area (Å²) >= 11 is 0. The van der Waals surface area contributed by atoms with E-state index in [-0.39, 0.29) is 11.3 Å². The third-order valence-electron chi connectivity index (χ3n) is 5.52. The number of piperazine rings is 1. The van der Waals surface area contributed by atoms with Crippen molar-refractivity contribution >= 4 is 23.4 Å². The Morgan fingerprint density at radius 2 is 1.77 bits per heavy atom. The maximum atomic E-state index is 12.5. The lowest BCUT2D eigenvalue weighted by atomic mass is 9.92. The van der Waals surface area contributed by atoms with Crippen molar-refractivity contribution in [1.29, 1.82) is 0 Å². The lowest BCUT2D eigenvalue weighted by Gasteiger charge is -2.35. The van der Waals surface area contributed by atoms with Crippen molar-refractivity contribution in [3.05, 3.63) is 41.6 Å². The van der Waals surface area contributed by atoms with Gasteiger partial charge in [-0.25, -0.2) is 9.69 Å². The molecule has 0 spiro atoms. The Kier molecular flexibility index (Phi) is 6.17. The van der Waals surface area contributed by atoms with Crippen LogP contribution in [-0.4, -0.2) is 57.7 Å². The van der Waals surface area contributed by atoms with Gasteiger partial charge in [0.2, 0.25) is 5.91 Å². The molecule has 8 nitrogen and oxygen atoms in total. The smallest absolute Gasteiger partial charge is 0.325 e. The highest BCUT2D eigenvalue weighted by Crippen LogP contribution is 2.32. The van der Waals surface area contributed by atoms with E-state index >= 15 is 0 Å². The van der Waals surface area contributed by atoms with Gasteiger partial charge < -0.3 is 10.6 Å². The maximum absolute atomic E-state index is 12.5. The molecule has 0 unspecified atom stereocenters. The second kappa shape index (κ2) is 8.47. The second-order valence-electron chi connectivity index (χ2n) is 8.85. The van der Waals surface area contributed by atoms with E-state index in [2.05, 4.69) is 30.8 Å². The fourth-order valence-corrected chi connectivity index (χ4v) is 3.71. The van der Waals surface area contributed by atoms with Crippen LogP contribution in [0.5, 0.6) is 0 Å². The molecule has 2 aromatic rings. The number of carbonyl (C=O) groups excluding carboxylic acids is 2. The fourth-order valence-electron chi connectivity index (χ4n) is 3.71. The van der Waals surface area contributed by atoms with E-state index in [0.717, 1.165) is 30.0 Å². The first kappa shape index (κ1) is 21.8. The number of aromatic nitrogens is 2. The molecule has 0 saturated carbocycles. The number of carbonyl (C=O) groups is 2. The van der Waals surface area contributed by atoms with Crippen molar-refractivity contribution in [3.8, 4) is 0 Å². The third-order valence-corrected chi connectivity index (χ3v) is 5.52. The number of nitrogens with zero attached hydrogens (tertiary/aromatic N) is 5. The largest absolute Gasteiger partial charge is 0.351 e. The zero-order chi connectivity index (χ0) is 22.1. The lowest BCUT2D eigenvalue weighted by molar-refractivity contribution is -0.130. The number of nitrogens with two attached hydrogens (primary N) is 1. The van der Waals surface area contributed by atoms with Crippen LogP contribution in [0.1, 0.15) is 39.0 Å². The Morgan fingerprint density at radius 1 is 1.13 bits per heavy atom. The van der Waals surface area contributed by atoms with E-state index in [1.54, 1.807) is 11.6 Å². The number of hydrogen-bond acceptors (Lipinski definition) is 4. The molecule has 0 aliphatic carbocycles. The molecule has 162 valence electrons. The maximum Gasteiger partial charge on any atom is 0.325 e. The Labute approximate surface area is 178 Å². The number of hydrogen-bond donors (Lipinski definition) is 1. The van der Waals surface area contributed by atoms with Gasteiger partial charge in [-0.2, -0.15) is 5.10 Å². The summed E-state index contributed by atoms with van der Waals surface area (Å²) in [5.41, 5.74) is 8.34. The van der Waals surface area contributed by atoms with Crippen molar-refractivity contribution in [1.82, 2.24) is 19.6 Å². The first-order chi connectivity index (χ1) is 14.1. The number of rotatable bonds is 4. The SMILES string of the molecule is CC(=O)N1CCN(Cc2ccccc2N(C(N)=O)c2cc(C(C)(C)C)nn2C)CC1. The van der Waals surface area contributed by atoms with Crippen molar-refractivity contribution in [2.24, 2.45) is 12.8 Å². The number of benzene rings is 1. The zero-order valence-corrected chi connectivity index (χ0v) is 18.6. The van der Waals surface area contributed by atoms with Crippen LogP contribution in [-0.2, 0) is 23.8 Å². The van der Waals surface area contributed by atoms with Gasteiger partial charge in [-0.1, -0.05) is 39.0 Å². The highest BCUT2D eigenvalue weighted by molar-refractivity contribution is 5.98. The highest BCUT2D eigenvalue weighted by atomic mass is 16.2. The summed E-state index contributed by atoms with van der Waals surface area (Å²) in [5, 5.41) is 4.60. The third kappa shape index (κ3) is 4.64. The minimum absolute atomic E-state index is 0.112. The molecule has 0 bridgehead atoms. The summed E-state index contributed by atoms with van der Waals surface area (Å²) in [6.45, 7) is 11.6. The molecular weight excluding hydrogens is 380 g/mol. The molecule has 30 heavy (non-hydrogen) atoms. The van der Waals surface area contributed by atoms with E-state index < -0.39 is 6.03 Å². The van der Waals surface area contributed by atoms with Crippen LogP contribution in [0.15, 0.2) is 30.3 Å². The number of anilines is 2. The summed E-state index contributed by atoms with van der Waals surface area (Å²) in [6.07, 6.45) is 0. The van der Waals surface area contributed by atoms with Gasteiger partial charge in [0.15, 0.2) is 0 Å². The molecule has 8 heteroatoms. The summed E-state index contributed by atoms with van der Waals surface area (Å²) in [6, 6.07) is 9.18. The predicted molar refractivity (Wildman–Crippen MR) is 118 cm³/mol. The molecular formula is C22H32N6O2. The summed E-state index contributed by atoms with van der Waals surface area (Å²) in [7, 11) is 1.82. The average Bonchev–Trinajstić information content (AvgIpc) is 3.05. The van der Waals surface area contributed by atoms with Gasteiger partial charge in [-0.15, -0.1) is 0 Å². The predicted octanol–water partition coefficient (Wildman–Crippen LogP) is 2.60. The topological polar surface area (TPSA) is 87.7 Å². The van der Waals surface area contributed by atoms with Gasteiger partial charge >= 0.3 is 6.03 Å². The second-order valence-corrected chi connectivity index (χ2v) is 8.85. The zero-order valence-electron chi connectivity index (χ0n) is 18.6. The Hall–Kier alpha value is -2.87. The van der Waals surface area contributed by atoms with Crippen LogP contribution in [0.25, 0.3) is 0 Å². The first-order valence-electron chi connectivity index (χ1n) is 10.3. The van der Waals surface area contributed by atoms with Gasteiger partial charge in [-0.3, -0.25) is 14.4 Å². The molecule has 2 N–H and O–H groups in total. The highest BCUT2D eigenvalue weighted by Gasteiger charge is 2.27. The summed E-state index contributed by atoms with van der Waals surface area (Å²) < 4.78 is 1.70. The van der Waals surface area contributed by atoms with Crippen molar-refractivity contribution < 1.29 is 9.59 Å². The first-order valence-corrected chi connectivity index (χ1v) is 10.3. The van der Waals surface area contributed by atoms with Crippen LogP contribution < -0.4 is 10.6 Å². The Morgan fingerprint density at radius 3 is 2.30 bits per heavy atom. The molecule has 1 aliphatic rings. The van der Waals surface area contributed by atoms with Gasteiger partial charge in [0.05, 0.1) is 11.4 Å². The van der Waals surface area contributed by atoms with E-state index in [1.165, 1.54) is 4.90 Å². The van der Waals surface area contributed by atoms with Crippen molar-refractivity contribution in [3.63, 3.8) is 0 Å². The summed E-state index contributed by atoms with van der Waals surface area (Å²) in [5.74, 6) is 0.752. The molecule has 0 atom stereocenters. The van der Waals surface area contributed by atoms with Gasteiger partial charge in [0.25, 0.3) is 0 Å². The molecule has 2 heterocycles. The Bertz CT molecular complexity index is 922. The molecule has 1 aromatic carbocycles. The van der Waals surface area contributed by atoms with E-state index in [1.807, 2.05) is 42.3 Å². The van der Waals surface area contributed by atoms with Crippen molar-refractivity contribution in [2.45, 2.75) is 39.7 Å². The molecule has 0 radical (unpaired) electrons. The average molecular weight is 413 g/mol. The number of primary amides is 1. The minimum atomic E-state index is -0.549. The number of aryl methyl sites for hydroxylation is 1. The van der Waals surface area contributed by atoms with Crippen molar-refractivity contribution in [2.75, 3.05) is 31.1 Å². The van der Waals surface area contributed by atoms with Gasteiger partial charge in [0.1, 0.15) is 5.82 Å². The molecule has 1 aromatic heterocycles. The van der Waals surface area contributed by atoms with Gasteiger partial charge in [-0.05, 0) is 11.6 Å². The lowest BCUT2D eigenvalue weighted by Crippen LogP contribution is -2.47. The fraction of sp³-hybridized carbons (Fsp3) is 0.500. The van der Waals surface area contributed by atoms with E-state index in [9.17, 15) is 9.59 Å². The molecule has 3 rings (SSSR count). The van der Waals surface area contributed by atoms with Crippen LogP contribution in [0.3, 0.4) is 0 Å². The number of urea groups is 1. The Balaban J connectivity index is 1.90. The van der Waals surface area contributed by atoms with Crippen LogP contribution in [0.4, 0.5) is 16.3 Å². The summed E-state index contributed by atoms with van der Waals surface area (Å²) in [4.78, 5) is 29.8. The van der Waals surface area contributed by atoms with Crippen LogP contribution in [0, 0.1) is 0 Å².